The van der Waals surface area contributed by atoms with Gasteiger partial charge in [0.15, 0.2) is 0 Å². The van der Waals surface area contributed by atoms with Gasteiger partial charge in [-0.1, -0.05) is 30.9 Å². The highest BCUT2D eigenvalue weighted by molar-refractivity contribution is 5.79. The van der Waals surface area contributed by atoms with Crippen LogP contribution in [0.3, 0.4) is 0 Å². The van der Waals surface area contributed by atoms with Crippen molar-refractivity contribution >= 4 is 11.5 Å². The van der Waals surface area contributed by atoms with Crippen molar-refractivity contribution in [2.24, 2.45) is 7.05 Å². The highest BCUT2D eigenvalue weighted by atomic mass is 16.5. The molecule has 7 nitrogen and oxygen atoms in total. The number of likely N-dealkylation sites (N-methyl/N-ethyl adjacent to an activating group) is 1. The van der Waals surface area contributed by atoms with Crippen molar-refractivity contribution in [1.82, 2.24) is 14.9 Å². The normalized spacial score (nSPS) is 16.4. The third kappa shape index (κ3) is 5.41. The standard InChI is InChI=1S/C26H31N5O2/c1-6-19(16-27)10-9-18(2)24-23(20-11-13-22(33-5)14-12-20)25(32)31(4)26(29-24)30(3)17-21-8-7-15-28-21/h6,9-14,21,28H,1,7-8,15,17H2,2-5H3/b18-9+,19-10+. The molecule has 1 atom stereocenters. The molecule has 1 saturated heterocycles. The summed E-state index contributed by atoms with van der Waals surface area (Å²) in [5, 5.41) is 12.7. The summed E-state index contributed by atoms with van der Waals surface area (Å²) in [7, 11) is 5.32. The molecule has 1 aromatic heterocycles. The zero-order valence-electron chi connectivity index (χ0n) is 19.8. The predicted octanol–water partition coefficient (Wildman–Crippen LogP) is 3.68. The lowest BCUT2D eigenvalue weighted by molar-refractivity contribution is 0.415. The smallest absolute Gasteiger partial charge is 0.263 e. The lowest BCUT2D eigenvalue weighted by atomic mass is 10.0. The molecule has 2 heterocycles. The van der Waals surface area contributed by atoms with Crippen molar-refractivity contribution in [2.45, 2.75) is 25.8 Å². The van der Waals surface area contributed by atoms with E-state index in [9.17, 15) is 10.1 Å². The minimum atomic E-state index is -0.132. The average molecular weight is 446 g/mol. The van der Waals surface area contributed by atoms with Crippen LogP contribution in [0.4, 0.5) is 5.95 Å². The fourth-order valence-corrected chi connectivity index (χ4v) is 4.00. The molecule has 1 aromatic carbocycles. The topological polar surface area (TPSA) is 83.2 Å². The van der Waals surface area contributed by atoms with Crippen molar-refractivity contribution in [3.05, 3.63) is 70.7 Å². The Morgan fingerprint density at radius 3 is 2.70 bits per heavy atom. The first kappa shape index (κ1) is 24.0. The number of benzene rings is 1. The number of nitrogens with one attached hydrogen (secondary N) is 1. The van der Waals surface area contributed by atoms with Gasteiger partial charge in [0.25, 0.3) is 5.56 Å². The van der Waals surface area contributed by atoms with E-state index in [2.05, 4.69) is 18.0 Å². The van der Waals surface area contributed by atoms with Crippen molar-refractivity contribution in [1.29, 1.82) is 5.26 Å². The summed E-state index contributed by atoms with van der Waals surface area (Å²) in [5.41, 5.74) is 2.94. The number of nitrogens with zero attached hydrogens (tertiary/aromatic N) is 4. The molecule has 0 aliphatic carbocycles. The molecule has 1 unspecified atom stereocenters. The van der Waals surface area contributed by atoms with E-state index in [0.29, 0.717) is 34.6 Å². The number of hydrogen-bond acceptors (Lipinski definition) is 6. The Balaban J connectivity index is 2.16. The lowest BCUT2D eigenvalue weighted by Crippen LogP contribution is -2.39. The van der Waals surface area contributed by atoms with Crippen LogP contribution in [0.1, 0.15) is 25.5 Å². The van der Waals surface area contributed by atoms with Gasteiger partial charge in [0.05, 0.1) is 30.0 Å². The summed E-state index contributed by atoms with van der Waals surface area (Å²) >= 11 is 0. The van der Waals surface area contributed by atoms with Gasteiger partial charge >= 0.3 is 0 Å². The van der Waals surface area contributed by atoms with Crippen LogP contribution in [0.15, 0.2) is 59.4 Å². The van der Waals surface area contributed by atoms with Gasteiger partial charge in [-0.3, -0.25) is 9.36 Å². The maximum Gasteiger partial charge on any atom is 0.263 e. The minimum Gasteiger partial charge on any atom is -0.497 e. The summed E-state index contributed by atoms with van der Waals surface area (Å²) in [6, 6.07) is 9.85. The molecule has 0 spiro atoms. The molecular weight excluding hydrogens is 414 g/mol. The fraction of sp³-hybridized carbons (Fsp3) is 0.346. The van der Waals surface area contributed by atoms with Crippen LogP contribution in [0.25, 0.3) is 16.7 Å². The van der Waals surface area contributed by atoms with Gasteiger partial charge in [-0.25, -0.2) is 4.98 Å². The molecule has 0 bridgehead atoms. The van der Waals surface area contributed by atoms with Crippen molar-refractivity contribution in [3.63, 3.8) is 0 Å². The molecule has 7 heteroatoms. The first-order valence-corrected chi connectivity index (χ1v) is 11.0. The Bertz CT molecular complexity index is 1160. The first-order valence-electron chi connectivity index (χ1n) is 11.0. The molecule has 1 N–H and O–H groups in total. The zero-order chi connectivity index (χ0) is 24.0. The largest absolute Gasteiger partial charge is 0.497 e. The van der Waals surface area contributed by atoms with E-state index in [1.165, 1.54) is 6.08 Å². The van der Waals surface area contributed by atoms with Gasteiger partial charge in [-0.15, -0.1) is 0 Å². The second kappa shape index (κ2) is 10.8. The van der Waals surface area contributed by atoms with Gasteiger partial charge in [0.1, 0.15) is 5.75 Å². The molecule has 0 amide bonds. The quantitative estimate of drug-likeness (QED) is 0.493. The fourth-order valence-electron chi connectivity index (χ4n) is 4.00. The molecule has 2 aromatic rings. The van der Waals surface area contributed by atoms with Gasteiger partial charge in [-0.2, -0.15) is 5.26 Å². The molecule has 33 heavy (non-hydrogen) atoms. The zero-order valence-corrected chi connectivity index (χ0v) is 19.8. The van der Waals surface area contributed by atoms with Gasteiger partial charge in [0.2, 0.25) is 5.95 Å². The maximum absolute atomic E-state index is 13.6. The maximum atomic E-state index is 13.6. The van der Waals surface area contributed by atoms with E-state index in [4.69, 9.17) is 9.72 Å². The Kier molecular flexibility index (Phi) is 7.86. The third-order valence-corrected chi connectivity index (χ3v) is 5.88. The lowest BCUT2D eigenvalue weighted by Gasteiger charge is -2.25. The van der Waals surface area contributed by atoms with Crippen LogP contribution in [-0.2, 0) is 7.05 Å². The number of aromatic nitrogens is 2. The van der Waals surface area contributed by atoms with E-state index in [-0.39, 0.29) is 5.56 Å². The van der Waals surface area contributed by atoms with Crippen LogP contribution >= 0.6 is 0 Å². The van der Waals surface area contributed by atoms with Gasteiger partial charge in [-0.05, 0) is 55.7 Å². The molecule has 1 aliphatic rings. The molecule has 0 saturated carbocycles. The minimum absolute atomic E-state index is 0.132. The van der Waals surface area contributed by atoms with Crippen LogP contribution in [0.2, 0.25) is 0 Å². The summed E-state index contributed by atoms with van der Waals surface area (Å²) in [6.07, 6.45) is 7.25. The molecule has 172 valence electrons. The van der Waals surface area contributed by atoms with E-state index >= 15 is 0 Å². The number of allylic oxidation sites excluding steroid dienone is 5. The Morgan fingerprint density at radius 1 is 1.39 bits per heavy atom. The van der Waals surface area contributed by atoms with E-state index in [1.807, 2.05) is 43.1 Å². The SMILES string of the molecule is C=C/C(C#N)=C\C=C(/C)c1nc(N(C)CC2CCCN2)n(C)c(=O)c1-c1ccc(OC)cc1. The van der Waals surface area contributed by atoms with E-state index < -0.39 is 0 Å². The van der Waals surface area contributed by atoms with E-state index in [1.54, 1.807) is 30.9 Å². The third-order valence-electron chi connectivity index (χ3n) is 5.88. The number of nitriles is 1. The summed E-state index contributed by atoms with van der Waals surface area (Å²) in [4.78, 5) is 20.6. The number of methoxy groups -OCH3 is 1. The predicted molar refractivity (Wildman–Crippen MR) is 133 cm³/mol. The summed E-state index contributed by atoms with van der Waals surface area (Å²) in [5.74, 6) is 1.31. The monoisotopic (exact) mass is 445 g/mol. The van der Waals surface area contributed by atoms with Crippen LogP contribution in [-0.4, -0.2) is 42.8 Å². The molecule has 0 radical (unpaired) electrons. The molecular formula is C26H31N5O2. The second-order valence-electron chi connectivity index (χ2n) is 8.19. The van der Waals surface area contributed by atoms with Gasteiger partial charge < -0.3 is 15.0 Å². The molecule has 1 fully saturated rings. The number of anilines is 1. The Hall–Kier alpha value is -3.63. The molecule has 3 rings (SSSR count). The average Bonchev–Trinajstić information content (AvgIpc) is 3.34. The first-order chi connectivity index (χ1) is 15.9. The molecule has 1 aliphatic heterocycles. The van der Waals surface area contributed by atoms with Crippen molar-refractivity contribution in [2.75, 3.05) is 32.1 Å². The van der Waals surface area contributed by atoms with Crippen LogP contribution in [0, 0.1) is 11.3 Å². The van der Waals surface area contributed by atoms with Gasteiger partial charge in [0, 0.05) is 26.7 Å². The second-order valence-corrected chi connectivity index (χ2v) is 8.19. The number of rotatable bonds is 8. The summed E-state index contributed by atoms with van der Waals surface area (Å²) in [6.45, 7) is 7.34. The number of ether oxygens (including phenoxy) is 1. The highest BCUT2D eigenvalue weighted by Gasteiger charge is 2.22. The summed E-state index contributed by atoms with van der Waals surface area (Å²) < 4.78 is 6.87. The van der Waals surface area contributed by atoms with Crippen LogP contribution < -0.4 is 20.5 Å². The Labute approximate surface area is 195 Å². The Morgan fingerprint density at radius 2 is 2.12 bits per heavy atom. The highest BCUT2D eigenvalue weighted by Crippen LogP contribution is 2.28. The van der Waals surface area contributed by atoms with Crippen molar-refractivity contribution in [3.8, 4) is 22.9 Å². The van der Waals surface area contributed by atoms with Crippen LogP contribution in [0.5, 0.6) is 5.75 Å². The number of hydrogen-bond donors (Lipinski definition) is 1. The van der Waals surface area contributed by atoms with Crippen molar-refractivity contribution < 1.29 is 4.74 Å². The van der Waals surface area contributed by atoms with E-state index in [0.717, 1.165) is 37.1 Å².